The van der Waals surface area contributed by atoms with Crippen molar-refractivity contribution < 1.29 is 19.1 Å². The van der Waals surface area contributed by atoms with Crippen LogP contribution in [0.1, 0.15) is 44.6 Å². The summed E-state index contributed by atoms with van der Waals surface area (Å²) < 4.78 is 7.61. The summed E-state index contributed by atoms with van der Waals surface area (Å²) in [4.78, 5) is 47.6. The van der Waals surface area contributed by atoms with Gasteiger partial charge in [0, 0.05) is 17.4 Å². The smallest absolute Gasteiger partial charge is 0.262 e. The fourth-order valence-corrected chi connectivity index (χ4v) is 4.10. The van der Waals surface area contributed by atoms with Gasteiger partial charge in [-0.3, -0.25) is 19.3 Å². The van der Waals surface area contributed by atoms with Crippen molar-refractivity contribution in [1.29, 1.82) is 0 Å². The van der Waals surface area contributed by atoms with Crippen LogP contribution >= 0.6 is 0 Å². The van der Waals surface area contributed by atoms with E-state index in [0.29, 0.717) is 34.3 Å². The minimum Gasteiger partial charge on any atom is -0.439 e. The van der Waals surface area contributed by atoms with E-state index in [1.807, 2.05) is 20.8 Å². The molecule has 0 saturated heterocycles. The Labute approximate surface area is 212 Å². The number of fused-ring (bicyclic) bond motifs is 1. The van der Waals surface area contributed by atoms with Crippen molar-refractivity contribution in [2.45, 2.75) is 33.7 Å². The Bertz CT molecular complexity index is 1510. The molecule has 0 bridgehead atoms. The summed E-state index contributed by atoms with van der Waals surface area (Å²) >= 11 is 0. The molecule has 1 aliphatic heterocycles. The van der Waals surface area contributed by atoms with Crippen molar-refractivity contribution in [3.8, 4) is 17.4 Å². The topological polar surface area (TPSA) is 119 Å². The Balaban J connectivity index is 1.25. The second-order valence-electron chi connectivity index (χ2n) is 8.74. The number of anilines is 1. The van der Waals surface area contributed by atoms with Gasteiger partial charge in [0.1, 0.15) is 18.1 Å². The lowest BCUT2D eigenvalue weighted by molar-refractivity contribution is -0.119. The normalized spacial score (nSPS) is 13.5. The van der Waals surface area contributed by atoms with Crippen LogP contribution in [0.25, 0.3) is 5.82 Å². The zero-order valence-electron chi connectivity index (χ0n) is 20.7. The van der Waals surface area contributed by atoms with Crippen LogP contribution < -0.4 is 10.1 Å². The van der Waals surface area contributed by atoms with Gasteiger partial charge in [-0.15, -0.1) is 0 Å². The SMILES string of the molecule is Cc1nn(-c2cc(Oc3ccc(NC(=O)C(C)N4C(=O)c5ccccc5C4=O)cc3)ncn2)c(C)c1C. The number of aryl methyl sites for hydroxylation is 1. The van der Waals surface area contributed by atoms with E-state index >= 15 is 0 Å². The van der Waals surface area contributed by atoms with Crippen molar-refractivity contribution in [2.24, 2.45) is 0 Å². The molecule has 1 atom stereocenters. The first-order valence-electron chi connectivity index (χ1n) is 11.7. The molecule has 1 aliphatic rings. The first-order valence-corrected chi connectivity index (χ1v) is 11.7. The fourth-order valence-electron chi connectivity index (χ4n) is 4.10. The number of carbonyl (C=O) groups excluding carboxylic acids is 3. The van der Waals surface area contributed by atoms with E-state index in [0.717, 1.165) is 21.9 Å². The van der Waals surface area contributed by atoms with Gasteiger partial charge in [-0.25, -0.2) is 14.6 Å². The fraction of sp³-hybridized carbons (Fsp3) is 0.185. The molecule has 186 valence electrons. The summed E-state index contributed by atoms with van der Waals surface area (Å²) in [5.41, 5.74) is 4.09. The number of benzene rings is 2. The summed E-state index contributed by atoms with van der Waals surface area (Å²) in [7, 11) is 0. The average molecular weight is 497 g/mol. The van der Waals surface area contributed by atoms with Crippen LogP contribution in [-0.2, 0) is 4.79 Å². The van der Waals surface area contributed by atoms with Crippen LogP contribution in [-0.4, -0.2) is 48.4 Å². The molecule has 0 saturated carbocycles. The molecule has 1 unspecified atom stereocenters. The maximum atomic E-state index is 12.8. The zero-order valence-corrected chi connectivity index (χ0v) is 20.7. The van der Waals surface area contributed by atoms with E-state index < -0.39 is 23.8 Å². The number of hydrogen-bond acceptors (Lipinski definition) is 7. The molecule has 0 aliphatic carbocycles. The van der Waals surface area contributed by atoms with E-state index in [2.05, 4.69) is 20.4 Å². The van der Waals surface area contributed by atoms with Crippen molar-refractivity contribution in [3.05, 3.63) is 89.0 Å². The predicted octanol–water partition coefficient (Wildman–Crippen LogP) is 4.00. The highest BCUT2D eigenvalue weighted by Gasteiger charge is 2.40. The molecule has 3 heterocycles. The summed E-state index contributed by atoms with van der Waals surface area (Å²) in [6, 6.07) is 13.9. The lowest BCUT2D eigenvalue weighted by Crippen LogP contribution is -2.45. The first-order chi connectivity index (χ1) is 17.7. The van der Waals surface area contributed by atoms with Crippen molar-refractivity contribution in [1.82, 2.24) is 24.6 Å². The molecule has 37 heavy (non-hydrogen) atoms. The van der Waals surface area contributed by atoms with Crippen molar-refractivity contribution >= 4 is 23.4 Å². The van der Waals surface area contributed by atoms with E-state index in [1.54, 1.807) is 59.3 Å². The largest absolute Gasteiger partial charge is 0.439 e. The number of carbonyl (C=O) groups is 3. The van der Waals surface area contributed by atoms with E-state index in [1.165, 1.54) is 13.3 Å². The molecular formula is C27H24N6O4. The molecule has 10 nitrogen and oxygen atoms in total. The number of nitrogens with one attached hydrogen (secondary N) is 1. The molecule has 10 heteroatoms. The van der Waals surface area contributed by atoms with Gasteiger partial charge in [0.25, 0.3) is 11.8 Å². The van der Waals surface area contributed by atoms with Gasteiger partial charge in [-0.05, 0) is 69.7 Å². The summed E-state index contributed by atoms with van der Waals surface area (Å²) in [6.07, 6.45) is 1.41. The molecule has 1 N–H and O–H groups in total. The maximum Gasteiger partial charge on any atom is 0.262 e. The molecule has 0 fully saturated rings. The average Bonchev–Trinajstić information content (AvgIpc) is 3.31. The van der Waals surface area contributed by atoms with Gasteiger partial charge in [-0.1, -0.05) is 12.1 Å². The lowest BCUT2D eigenvalue weighted by Gasteiger charge is -2.21. The highest BCUT2D eigenvalue weighted by molar-refractivity contribution is 6.23. The van der Waals surface area contributed by atoms with Gasteiger partial charge in [0.05, 0.1) is 16.8 Å². The molecule has 5 rings (SSSR count). The molecule has 4 aromatic rings. The van der Waals surface area contributed by atoms with Crippen molar-refractivity contribution in [2.75, 3.05) is 5.32 Å². The van der Waals surface area contributed by atoms with Crippen LogP contribution in [0.15, 0.2) is 60.9 Å². The van der Waals surface area contributed by atoms with Crippen LogP contribution in [0.4, 0.5) is 5.69 Å². The highest BCUT2D eigenvalue weighted by Crippen LogP contribution is 2.26. The zero-order chi connectivity index (χ0) is 26.3. The van der Waals surface area contributed by atoms with Gasteiger partial charge in [0.15, 0.2) is 5.82 Å². The monoisotopic (exact) mass is 496 g/mol. The Morgan fingerprint density at radius 2 is 1.59 bits per heavy atom. The van der Waals surface area contributed by atoms with Gasteiger partial charge < -0.3 is 10.1 Å². The maximum absolute atomic E-state index is 12.8. The number of aromatic nitrogens is 4. The van der Waals surface area contributed by atoms with Crippen LogP contribution in [0.3, 0.4) is 0 Å². The number of imide groups is 1. The van der Waals surface area contributed by atoms with E-state index in [9.17, 15) is 14.4 Å². The molecule has 0 radical (unpaired) electrons. The Kier molecular flexibility index (Phi) is 6.00. The van der Waals surface area contributed by atoms with Crippen molar-refractivity contribution in [3.63, 3.8) is 0 Å². The number of amides is 3. The van der Waals surface area contributed by atoms with Gasteiger partial charge in [-0.2, -0.15) is 5.10 Å². The summed E-state index contributed by atoms with van der Waals surface area (Å²) in [6.45, 7) is 7.44. The molecule has 3 amide bonds. The van der Waals surface area contributed by atoms with E-state index in [-0.39, 0.29) is 0 Å². The van der Waals surface area contributed by atoms with Gasteiger partial charge >= 0.3 is 0 Å². The Hall–Kier alpha value is -4.86. The number of nitrogens with zero attached hydrogens (tertiary/aromatic N) is 5. The first kappa shape index (κ1) is 23.9. The molecule has 2 aromatic heterocycles. The third-order valence-corrected chi connectivity index (χ3v) is 6.43. The quantitative estimate of drug-likeness (QED) is 0.401. The van der Waals surface area contributed by atoms with Crippen LogP contribution in [0.2, 0.25) is 0 Å². The van der Waals surface area contributed by atoms with Crippen LogP contribution in [0, 0.1) is 20.8 Å². The molecule has 2 aromatic carbocycles. The van der Waals surface area contributed by atoms with Gasteiger partial charge in [0.2, 0.25) is 11.8 Å². The standard InChI is InChI=1S/C27H24N6O4/c1-15-16(2)31-33(17(15)3)23-13-24(29-14-28-23)37-20-11-9-19(10-12-20)30-25(34)18(4)32-26(35)21-7-5-6-8-22(21)27(32)36/h5-14,18H,1-4H3,(H,30,34). The summed E-state index contributed by atoms with van der Waals surface area (Å²) in [5.74, 6) is -0.0148. The minimum absolute atomic E-state index is 0.300. The Morgan fingerprint density at radius 3 is 2.19 bits per heavy atom. The second-order valence-corrected chi connectivity index (χ2v) is 8.74. The molecular weight excluding hydrogens is 472 g/mol. The molecule has 0 spiro atoms. The number of ether oxygens (including phenoxy) is 1. The summed E-state index contributed by atoms with van der Waals surface area (Å²) in [5, 5.41) is 7.26. The third kappa shape index (κ3) is 4.33. The Morgan fingerprint density at radius 1 is 0.946 bits per heavy atom. The van der Waals surface area contributed by atoms with E-state index in [4.69, 9.17) is 4.74 Å². The lowest BCUT2D eigenvalue weighted by atomic mass is 10.1. The third-order valence-electron chi connectivity index (χ3n) is 6.43. The minimum atomic E-state index is -0.985. The number of rotatable bonds is 6. The highest BCUT2D eigenvalue weighted by atomic mass is 16.5. The predicted molar refractivity (Wildman–Crippen MR) is 135 cm³/mol. The number of hydrogen-bond donors (Lipinski definition) is 1. The second kappa shape index (κ2) is 9.30. The van der Waals surface area contributed by atoms with Crippen LogP contribution in [0.5, 0.6) is 11.6 Å².